The molecule has 10 heavy (non-hydrogen) atoms. The molecule has 0 aliphatic heterocycles. The molecule has 0 atom stereocenters. The van der Waals surface area contributed by atoms with Crippen LogP contribution in [0.1, 0.15) is 5.56 Å². The quantitative estimate of drug-likeness (QED) is 0.745. The van der Waals surface area contributed by atoms with Gasteiger partial charge in [0.1, 0.15) is 0 Å². The Morgan fingerprint density at radius 3 is 2.70 bits per heavy atom. The Labute approximate surface area is 70.8 Å². The molecule has 0 aromatic heterocycles. The minimum absolute atomic E-state index is 0.250. The van der Waals surface area contributed by atoms with Crippen molar-refractivity contribution < 1.29 is 20.8 Å². The summed E-state index contributed by atoms with van der Waals surface area (Å²) in [5, 5.41) is 9.17. The molecule has 1 aromatic rings. The molecule has 55 valence electrons. The number of phenolic OH excluding ortho intramolecular Hbond substituents is 1. The molecule has 0 fully saturated rings. The van der Waals surface area contributed by atoms with Gasteiger partial charge in [0.15, 0.2) is 0 Å². The molecule has 1 N–H and O–H groups in total. The van der Waals surface area contributed by atoms with Gasteiger partial charge in [-0.3, -0.25) is 0 Å². The number of para-hydroxylation sites is 1. The van der Waals surface area contributed by atoms with Gasteiger partial charge < -0.3 is 0 Å². The van der Waals surface area contributed by atoms with Gasteiger partial charge in [0, 0.05) is 0 Å². The van der Waals surface area contributed by atoms with Crippen molar-refractivity contribution in [3.63, 3.8) is 0 Å². The van der Waals surface area contributed by atoms with Gasteiger partial charge in [0.2, 0.25) is 0 Å². The molecule has 1 rings (SSSR count). The average Bonchev–Trinajstić information content (AvgIpc) is 1.94. The Kier molecular flexibility index (Phi) is 3.04. The number of rotatable bonds is 1. The monoisotopic (exact) mass is 243 g/mol. The van der Waals surface area contributed by atoms with Crippen LogP contribution in [0.4, 0.5) is 0 Å². The van der Waals surface area contributed by atoms with E-state index in [2.05, 4.69) is 0 Å². The zero-order valence-corrected chi connectivity index (χ0v) is 7.56. The molecule has 0 saturated heterocycles. The molecule has 0 aliphatic carbocycles. The second kappa shape index (κ2) is 3.85. The molecule has 0 spiro atoms. The third-order valence-electron chi connectivity index (χ3n) is 1.09. The first-order valence-electron chi connectivity index (χ1n) is 2.68. The van der Waals surface area contributed by atoms with Crippen LogP contribution in [-0.2, 0) is 15.7 Å². The van der Waals surface area contributed by atoms with Crippen LogP contribution in [0.15, 0.2) is 24.3 Å². The van der Waals surface area contributed by atoms with Gasteiger partial charge >= 0.3 is 70.7 Å². The summed E-state index contributed by atoms with van der Waals surface area (Å²) in [4.78, 5) is 0. The fourth-order valence-corrected chi connectivity index (χ4v) is 1.74. The predicted octanol–water partition coefficient (Wildman–Crippen LogP) is 1.78. The number of hydrogen-bond donors (Lipinski definition) is 1. The molecule has 0 saturated carbocycles. The standard InChI is InChI=1S/C7H6O.ClH.Ru/c1-6-4-2-3-5-7(6)8;;/h1-5,8H;1H;/q;;+1/p-1. The van der Waals surface area contributed by atoms with Gasteiger partial charge in [0.25, 0.3) is 0 Å². The summed E-state index contributed by atoms with van der Waals surface area (Å²) >= 11 is -0.250. The molecule has 0 aliphatic rings. The number of hydrogen-bond acceptors (Lipinski definition) is 1. The van der Waals surface area contributed by atoms with E-state index in [1.807, 2.05) is 16.7 Å². The zero-order chi connectivity index (χ0) is 7.40. The van der Waals surface area contributed by atoms with Gasteiger partial charge in [0.05, 0.1) is 0 Å². The van der Waals surface area contributed by atoms with Crippen molar-refractivity contribution in [2.45, 2.75) is 0 Å². The van der Waals surface area contributed by atoms with E-state index in [9.17, 15) is 0 Å². The maximum atomic E-state index is 9.17. The van der Waals surface area contributed by atoms with E-state index in [1.54, 1.807) is 12.1 Å². The SMILES string of the molecule is Oc1ccccc1[CH]=[Ru][Cl]. The molecule has 0 amide bonds. The van der Waals surface area contributed by atoms with Gasteiger partial charge in [-0.1, -0.05) is 0 Å². The second-order valence-corrected chi connectivity index (χ2v) is 3.53. The first-order valence-corrected chi connectivity index (χ1v) is 5.92. The maximum absolute atomic E-state index is 9.17. The van der Waals surface area contributed by atoms with Crippen molar-refractivity contribution in [2.75, 3.05) is 0 Å². The van der Waals surface area contributed by atoms with Gasteiger partial charge in [-0.15, -0.1) is 0 Å². The molecular formula is C7H6ClORu. The zero-order valence-electron chi connectivity index (χ0n) is 5.07. The summed E-state index contributed by atoms with van der Waals surface area (Å²) < 4.78 is 1.85. The molecular weight excluding hydrogens is 237 g/mol. The Hall–Kier alpha value is -0.197. The van der Waals surface area contributed by atoms with Crippen LogP contribution in [-0.4, -0.2) is 9.72 Å². The van der Waals surface area contributed by atoms with Crippen molar-refractivity contribution in [2.24, 2.45) is 0 Å². The number of halogens is 1. The van der Waals surface area contributed by atoms with Gasteiger partial charge in [-0.2, -0.15) is 0 Å². The Balaban J connectivity index is 3.03. The van der Waals surface area contributed by atoms with Crippen LogP contribution in [0, 0.1) is 0 Å². The fourth-order valence-electron chi connectivity index (χ4n) is 0.615. The predicted molar refractivity (Wildman–Crippen MR) is 39.1 cm³/mol. The van der Waals surface area contributed by atoms with Crippen LogP contribution in [0.5, 0.6) is 5.75 Å². The van der Waals surface area contributed by atoms with E-state index in [1.165, 1.54) is 0 Å². The normalized spacial score (nSPS) is 11.3. The summed E-state index contributed by atoms with van der Waals surface area (Å²) in [6.07, 6.45) is 0. The molecule has 0 radical (unpaired) electrons. The Bertz CT molecular complexity index is 247. The van der Waals surface area contributed by atoms with E-state index in [0.717, 1.165) is 5.56 Å². The minimum atomic E-state index is -0.250. The Morgan fingerprint density at radius 2 is 2.10 bits per heavy atom. The van der Waals surface area contributed by atoms with E-state index in [0.29, 0.717) is 5.75 Å². The molecule has 0 unspecified atom stereocenters. The van der Waals surface area contributed by atoms with Crippen molar-refractivity contribution >= 4 is 14.3 Å². The van der Waals surface area contributed by atoms with Crippen molar-refractivity contribution in [1.82, 2.24) is 0 Å². The molecule has 0 bridgehead atoms. The first kappa shape index (κ1) is 7.91. The topological polar surface area (TPSA) is 20.2 Å². The number of aromatic hydroxyl groups is 1. The summed E-state index contributed by atoms with van der Waals surface area (Å²) in [5.41, 5.74) is 0.829. The van der Waals surface area contributed by atoms with Crippen molar-refractivity contribution in [3.05, 3.63) is 29.8 Å². The van der Waals surface area contributed by atoms with E-state index in [4.69, 9.17) is 14.8 Å². The van der Waals surface area contributed by atoms with E-state index in [-0.39, 0.29) is 15.7 Å². The van der Waals surface area contributed by atoms with Crippen LogP contribution in [0.3, 0.4) is 0 Å². The second-order valence-electron chi connectivity index (χ2n) is 1.74. The third kappa shape index (κ3) is 1.90. The number of phenols is 1. The Morgan fingerprint density at radius 1 is 1.40 bits per heavy atom. The van der Waals surface area contributed by atoms with Gasteiger partial charge in [-0.25, -0.2) is 0 Å². The molecule has 1 nitrogen and oxygen atoms in total. The first-order chi connectivity index (χ1) is 4.84. The molecule has 0 heterocycles. The fraction of sp³-hybridized carbons (Fsp3) is 0. The van der Waals surface area contributed by atoms with Crippen LogP contribution < -0.4 is 0 Å². The van der Waals surface area contributed by atoms with Gasteiger partial charge in [-0.05, 0) is 0 Å². The summed E-state index contributed by atoms with van der Waals surface area (Å²) in [6, 6.07) is 7.15. The molecule has 1 aromatic carbocycles. The van der Waals surface area contributed by atoms with E-state index >= 15 is 0 Å². The summed E-state index contributed by atoms with van der Waals surface area (Å²) in [5.74, 6) is 0.303. The molecule has 3 heteroatoms. The average molecular weight is 243 g/mol. The summed E-state index contributed by atoms with van der Waals surface area (Å²) in [7, 11) is 5.53. The van der Waals surface area contributed by atoms with Crippen LogP contribution in [0.2, 0.25) is 0 Å². The number of benzene rings is 1. The van der Waals surface area contributed by atoms with Crippen LogP contribution >= 0.6 is 9.69 Å². The van der Waals surface area contributed by atoms with E-state index < -0.39 is 0 Å². The van der Waals surface area contributed by atoms with Crippen molar-refractivity contribution in [3.8, 4) is 5.75 Å². The van der Waals surface area contributed by atoms with Crippen LogP contribution in [0.25, 0.3) is 0 Å². The third-order valence-corrected chi connectivity index (χ3v) is 2.27. The summed E-state index contributed by atoms with van der Waals surface area (Å²) in [6.45, 7) is 0. The van der Waals surface area contributed by atoms with Crippen molar-refractivity contribution in [1.29, 1.82) is 0 Å².